The highest BCUT2D eigenvalue weighted by molar-refractivity contribution is 8.14. The third-order valence-corrected chi connectivity index (χ3v) is 4.02. The molecule has 3 nitrogen and oxygen atoms in total. The number of nitrogens with zero attached hydrogens (tertiary/aromatic N) is 2. The predicted octanol–water partition coefficient (Wildman–Crippen LogP) is 4.42. The van der Waals surface area contributed by atoms with Crippen LogP contribution in [-0.4, -0.2) is 22.6 Å². The minimum atomic E-state index is -1.50. The van der Waals surface area contributed by atoms with Crippen LogP contribution in [0.15, 0.2) is 39.6 Å². The molecule has 98 valence electrons. The first-order valence-electron chi connectivity index (χ1n) is 5.41. The Labute approximate surface area is 115 Å². The number of hydrogen-bond acceptors (Lipinski definition) is 4. The summed E-state index contributed by atoms with van der Waals surface area (Å²) in [5.74, 6) is 0.214. The maximum absolute atomic E-state index is 12.4. The Morgan fingerprint density at radius 3 is 2.44 bits per heavy atom. The van der Waals surface area contributed by atoms with Crippen LogP contribution >= 0.6 is 23.9 Å². The molecule has 0 radical (unpaired) electrons. The second-order valence-electron chi connectivity index (χ2n) is 3.83. The van der Waals surface area contributed by atoms with Crippen LogP contribution in [0.4, 0.5) is 9.18 Å². The van der Waals surface area contributed by atoms with E-state index in [1.807, 2.05) is 44.2 Å². The van der Waals surface area contributed by atoms with Gasteiger partial charge in [0.15, 0.2) is 0 Å². The Morgan fingerprint density at radius 1 is 1.33 bits per heavy atom. The van der Waals surface area contributed by atoms with Crippen molar-refractivity contribution in [1.29, 1.82) is 0 Å². The van der Waals surface area contributed by atoms with E-state index in [0.717, 1.165) is 26.4 Å². The Morgan fingerprint density at radius 2 is 1.94 bits per heavy atom. The summed E-state index contributed by atoms with van der Waals surface area (Å²) in [6.07, 6.45) is -1.50. The summed E-state index contributed by atoms with van der Waals surface area (Å²) in [6, 6.07) is 9.81. The molecule has 0 bridgehead atoms. The smallest absolute Gasteiger partial charge is 0.242 e. The van der Waals surface area contributed by atoms with Gasteiger partial charge in [0.05, 0.1) is 17.2 Å². The van der Waals surface area contributed by atoms with E-state index >= 15 is 0 Å². The largest absolute Gasteiger partial charge is 0.411 e. The number of benzene rings is 1. The van der Waals surface area contributed by atoms with Gasteiger partial charge in [-0.15, -0.1) is 4.39 Å². The molecule has 1 rings (SSSR count). The molecular weight excluding hydrogens is 271 g/mol. The minimum absolute atomic E-state index is 0.214. The molecule has 0 spiro atoms. The van der Waals surface area contributed by atoms with Gasteiger partial charge in [0.25, 0.3) is 0 Å². The highest BCUT2D eigenvalue weighted by atomic mass is 32.2. The number of rotatable bonds is 4. The fourth-order valence-corrected chi connectivity index (χ4v) is 2.48. The molecule has 18 heavy (non-hydrogen) atoms. The van der Waals surface area contributed by atoms with Crippen molar-refractivity contribution in [3.63, 3.8) is 0 Å². The van der Waals surface area contributed by atoms with Crippen molar-refractivity contribution in [2.45, 2.75) is 18.7 Å². The van der Waals surface area contributed by atoms with Crippen LogP contribution in [0.25, 0.3) is 0 Å². The fourth-order valence-electron chi connectivity index (χ4n) is 0.985. The van der Waals surface area contributed by atoms with Crippen molar-refractivity contribution >= 4 is 35.1 Å². The zero-order chi connectivity index (χ0) is 13.5. The highest BCUT2D eigenvalue weighted by Crippen LogP contribution is 2.26. The lowest BCUT2D eigenvalue weighted by molar-refractivity contribution is 0.209. The normalized spacial score (nSPS) is 11.7. The molecule has 0 saturated heterocycles. The average molecular weight is 286 g/mol. The van der Waals surface area contributed by atoms with Gasteiger partial charge in [-0.05, 0) is 12.1 Å². The molecule has 0 fully saturated rings. The van der Waals surface area contributed by atoms with Gasteiger partial charge in [-0.1, -0.05) is 43.8 Å². The van der Waals surface area contributed by atoms with E-state index in [2.05, 4.69) is 4.40 Å². The number of thioether (sulfide) groups is 1. The van der Waals surface area contributed by atoms with Crippen molar-refractivity contribution in [1.82, 2.24) is 4.31 Å². The lowest BCUT2D eigenvalue weighted by Gasteiger charge is -2.11. The van der Waals surface area contributed by atoms with Crippen LogP contribution in [0.2, 0.25) is 0 Å². The first-order valence-corrected chi connectivity index (χ1v) is 6.96. The van der Waals surface area contributed by atoms with Crippen LogP contribution in [0.5, 0.6) is 0 Å². The third kappa shape index (κ3) is 5.10. The molecule has 1 aromatic rings. The van der Waals surface area contributed by atoms with Crippen LogP contribution in [0.3, 0.4) is 0 Å². The van der Waals surface area contributed by atoms with E-state index in [1.165, 1.54) is 18.8 Å². The van der Waals surface area contributed by atoms with Gasteiger partial charge in [0.1, 0.15) is 0 Å². The van der Waals surface area contributed by atoms with Crippen LogP contribution in [-0.2, 0) is 0 Å². The number of hydrogen-bond donors (Lipinski definition) is 0. The topological polar surface area (TPSA) is 32.7 Å². The SMILES string of the molecule is CC(C)C(=NSN(C)C(=O)F)Sc1ccccc1. The van der Waals surface area contributed by atoms with Crippen molar-refractivity contribution in [2.75, 3.05) is 7.05 Å². The molecule has 0 aliphatic carbocycles. The summed E-state index contributed by atoms with van der Waals surface area (Å²) in [6.45, 7) is 4.01. The first kappa shape index (κ1) is 15.0. The van der Waals surface area contributed by atoms with Gasteiger partial charge >= 0.3 is 6.16 Å². The van der Waals surface area contributed by atoms with Crippen molar-refractivity contribution in [3.8, 4) is 0 Å². The van der Waals surface area contributed by atoms with E-state index in [-0.39, 0.29) is 5.92 Å². The quantitative estimate of drug-likeness (QED) is 0.205. The van der Waals surface area contributed by atoms with E-state index in [9.17, 15) is 9.18 Å². The summed E-state index contributed by atoms with van der Waals surface area (Å²) < 4.78 is 17.4. The van der Waals surface area contributed by atoms with Gasteiger partial charge in [0.2, 0.25) is 0 Å². The van der Waals surface area contributed by atoms with Crippen LogP contribution in [0.1, 0.15) is 13.8 Å². The number of amides is 1. The highest BCUT2D eigenvalue weighted by Gasteiger charge is 2.11. The van der Waals surface area contributed by atoms with E-state index in [1.54, 1.807) is 0 Å². The molecule has 6 heteroatoms. The summed E-state index contributed by atoms with van der Waals surface area (Å²) in [4.78, 5) is 11.5. The maximum Gasteiger partial charge on any atom is 0.411 e. The number of carbonyl (C=O) groups is 1. The standard InChI is InChI=1S/C12H15FN2OS2/c1-9(2)11(14-18-15(3)12(13)16)17-10-7-5-4-6-8-10/h4-9H,1-3H3. The molecule has 0 N–H and O–H groups in total. The molecule has 0 unspecified atom stereocenters. The second kappa shape index (κ2) is 7.43. The molecule has 1 amide bonds. The van der Waals surface area contributed by atoms with E-state index in [0.29, 0.717) is 0 Å². The monoisotopic (exact) mass is 286 g/mol. The Hall–Kier alpha value is -1.01. The van der Waals surface area contributed by atoms with Crippen molar-refractivity contribution in [3.05, 3.63) is 30.3 Å². The summed E-state index contributed by atoms with van der Waals surface area (Å²) in [7, 11) is 1.35. The molecule has 1 aromatic carbocycles. The third-order valence-electron chi connectivity index (χ3n) is 1.96. The minimum Gasteiger partial charge on any atom is -0.242 e. The first-order chi connectivity index (χ1) is 8.50. The van der Waals surface area contributed by atoms with Crippen LogP contribution in [0, 0.1) is 5.92 Å². The zero-order valence-corrected chi connectivity index (χ0v) is 12.1. The van der Waals surface area contributed by atoms with Gasteiger partial charge in [-0.3, -0.25) is 0 Å². The van der Waals surface area contributed by atoms with Gasteiger partial charge in [0, 0.05) is 17.9 Å². The predicted molar refractivity (Wildman–Crippen MR) is 76.4 cm³/mol. The maximum atomic E-state index is 12.4. The van der Waals surface area contributed by atoms with E-state index in [4.69, 9.17) is 0 Å². The molecular formula is C12H15FN2OS2. The average Bonchev–Trinajstić information content (AvgIpc) is 2.34. The molecule has 0 aliphatic rings. The number of carbonyl (C=O) groups excluding carboxylic acids is 1. The fraction of sp³-hybridized carbons (Fsp3) is 0.333. The molecule has 0 aromatic heterocycles. The van der Waals surface area contributed by atoms with Crippen LogP contribution < -0.4 is 0 Å². The summed E-state index contributed by atoms with van der Waals surface area (Å²) in [5, 5.41) is 0.847. The Balaban J connectivity index is 2.71. The number of halogens is 1. The molecule has 0 heterocycles. The lowest BCUT2D eigenvalue weighted by Crippen LogP contribution is -2.12. The molecule has 0 saturated carbocycles. The Bertz CT molecular complexity index is 423. The Kier molecular flexibility index (Phi) is 6.21. The van der Waals surface area contributed by atoms with Crippen molar-refractivity contribution in [2.24, 2.45) is 10.3 Å². The zero-order valence-electron chi connectivity index (χ0n) is 10.5. The molecule has 0 aliphatic heterocycles. The van der Waals surface area contributed by atoms with Gasteiger partial charge in [-0.2, -0.15) is 4.40 Å². The second-order valence-corrected chi connectivity index (χ2v) is 5.82. The lowest BCUT2D eigenvalue weighted by atomic mass is 10.2. The molecule has 0 atom stereocenters. The van der Waals surface area contributed by atoms with Gasteiger partial charge in [-0.25, -0.2) is 9.10 Å². The summed E-state index contributed by atoms with van der Waals surface area (Å²) >= 11 is 2.34. The summed E-state index contributed by atoms with van der Waals surface area (Å²) in [5.41, 5.74) is 0. The van der Waals surface area contributed by atoms with E-state index < -0.39 is 6.16 Å². The van der Waals surface area contributed by atoms with Gasteiger partial charge < -0.3 is 0 Å². The van der Waals surface area contributed by atoms with Crippen molar-refractivity contribution < 1.29 is 9.18 Å².